The number of hydrogen-bond donors (Lipinski definition) is 0. The Morgan fingerprint density at radius 2 is 1.27 bits per heavy atom. The van der Waals surface area contributed by atoms with E-state index in [2.05, 4.69) is 0 Å². The van der Waals surface area contributed by atoms with Gasteiger partial charge in [-0.3, -0.25) is 9.59 Å². The number of unbranched alkanes of at least 4 members (excludes halogenated alkanes) is 1. The number of esters is 2. The quantitative estimate of drug-likeness (QED) is 0.396. The largest absolute Gasteiger partial charge is 0.426 e. The van der Waals surface area contributed by atoms with Crippen LogP contribution >= 0.6 is 0 Å². The summed E-state index contributed by atoms with van der Waals surface area (Å²) in [7, 11) is 0. The molecule has 0 atom stereocenters. The first-order valence-corrected chi connectivity index (χ1v) is 10.6. The maximum Gasteiger partial charge on any atom is 0.316 e. The van der Waals surface area contributed by atoms with Gasteiger partial charge in [-0.25, -0.2) is 0 Å². The van der Waals surface area contributed by atoms with Crippen molar-refractivity contribution in [2.75, 3.05) is 0 Å². The van der Waals surface area contributed by atoms with Crippen molar-refractivity contribution >= 4 is 11.9 Å². The van der Waals surface area contributed by atoms with Crippen LogP contribution in [-0.2, 0) is 9.59 Å². The zero-order valence-corrected chi connectivity index (χ0v) is 19.6. The molecule has 0 spiro atoms. The average molecular weight is 411 g/mol. The molecule has 0 fully saturated rings. The van der Waals surface area contributed by atoms with Crippen molar-refractivity contribution in [3.05, 3.63) is 46.5 Å². The van der Waals surface area contributed by atoms with Crippen LogP contribution in [0, 0.1) is 33.1 Å². The second-order valence-corrected chi connectivity index (χ2v) is 8.98. The minimum Gasteiger partial charge on any atom is -0.426 e. The zero-order valence-electron chi connectivity index (χ0n) is 19.6. The average Bonchev–Trinajstić information content (AvgIpc) is 2.67. The number of ether oxygens (including phenoxy) is 2. The molecule has 0 saturated carbocycles. The second kappa shape index (κ2) is 9.46. The molecule has 0 unspecified atom stereocenters. The molecule has 162 valence electrons. The number of rotatable bonds is 6. The Morgan fingerprint density at radius 3 is 1.70 bits per heavy atom. The topological polar surface area (TPSA) is 52.6 Å². The Bertz CT molecular complexity index is 948. The molecule has 0 radical (unpaired) electrons. The van der Waals surface area contributed by atoms with Crippen LogP contribution < -0.4 is 9.47 Å². The maximum absolute atomic E-state index is 12.6. The lowest BCUT2D eigenvalue weighted by molar-refractivity contribution is -0.143. The van der Waals surface area contributed by atoms with Gasteiger partial charge in [-0.05, 0) is 89.3 Å². The monoisotopic (exact) mass is 410 g/mol. The molecule has 0 aromatic heterocycles. The summed E-state index contributed by atoms with van der Waals surface area (Å²) in [6, 6.07) is 7.56. The van der Waals surface area contributed by atoms with Crippen molar-refractivity contribution in [3.8, 4) is 22.6 Å². The van der Waals surface area contributed by atoms with Gasteiger partial charge in [-0.1, -0.05) is 25.5 Å². The van der Waals surface area contributed by atoms with Crippen LogP contribution in [0.2, 0.25) is 0 Å². The van der Waals surface area contributed by atoms with Gasteiger partial charge in [0.15, 0.2) is 0 Å². The van der Waals surface area contributed by atoms with Crippen LogP contribution in [0.5, 0.6) is 11.5 Å². The molecule has 4 heteroatoms. The molecule has 0 saturated heterocycles. The Labute approximate surface area is 180 Å². The predicted molar refractivity (Wildman–Crippen MR) is 121 cm³/mol. The SMILES string of the molecule is CCCCC(=O)Oc1ccc(C)c(C)c1-c1c(OC(=O)C(C)(C)C)ccc(C)c1C. The normalized spacial score (nSPS) is 11.3. The predicted octanol–water partition coefficient (Wildman–Crippen LogP) is 6.63. The van der Waals surface area contributed by atoms with E-state index < -0.39 is 5.41 Å². The molecule has 0 amide bonds. The summed E-state index contributed by atoms with van der Waals surface area (Å²) >= 11 is 0. The van der Waals surface area contributed by atoms with Crippen molar-refractivity contribution < 1.29 is 19.1 Å². The first-order valence-electron chi connectivity index (χ1n) is 10.6. The fraction of sp³-hybridized carbons (Fsp3) is 0.462. The Hall–Kier alpha value is -2.62. The van der Waals surface area contributed by atoms with Gasteiger partial charge in [0.25, 0.3) is 0 Å². The van der Waals surface area contributed by atoms with Gasteiger partial charge in [-0.15, -0.1) is 0 Å². The molecule has 0 aliphatic carbocycles. The number of carbonyl (C=O) groups excluding carboxylic acids is 2. The number of aryl methyl sites for hydroxylation is 2. The van der Waals surface area contributed by atoms with Crippen LogP contribution in [0.1, 0.15) is 69.2 Å². The highest BCUT2D eigenvalue weighted by atomic mass is 16.5. The van der Waals surface area contributed by atoms with Gasteiger partial charge in [0.2, 0.25) is 0 Å². The van der Waals surface area contributed by atoms with Crippen LogP contribution in [0.3, 0.4) is 0 Å². The highest BCUT2D eigenvalue weighted by Crippen LogP contribution is 2.43. The van der Waals surface area contributed by atoms with E-state index in [-0.39, 0.29) is 11.9 Å². The molecule has 0 N–H and O–H groups in total. The summed E-state index contributed by atoms with van der Waals surface area (Å²) < 4.78 is 11.6. The lowest BCUT2D eigenvalue weighted by Gasteiger charge is -2.22. The summed E-state index contributed by atoms with van der Waals surface area (Å²) in [6.07, 6.45) is 2.09. The molecule has 4 nitrogen and oxygen atoms in total. The highest BCUT2D eigenvalue weighted by Gasteiger charge is 2.27. The standard InChI is InChI=1S/C26H34O4/c1-9-10-11-22(27)29-20-14-12-16(2)18(4)23(20)24-19(5)17(3)13-15-21(24)30-25(28)26(6,7)8/h12-15H,9-11H2,1-8H3. The molecule has 2 aromatic carbocycles. The van der Waals surface area contributed by atoms with Crippen LogP contribution in [-0.4, -0.2) is 11.9 Å². The second-order valence-electron chi connectivity index (χ2n) is 8.98. The Kier molecular flexibility index (Phi) is 7.46. The van der Waals surface area contributed by atoms with E-state index >= 15 is 0 Å². The Morgan fingerprint density at radius 1 is 0.800 bits per heavy atom. The van der Waals surface area contributed by atoms with Gasteiger partial charge < -0.3 is 9.47 Å². The number of benzene rings is 2. The van der Waals surface area contributed by atoms with E-state index in [1.165, 1.54) is 0 Å². The van der Waals surface area contributed by atoms with E-state index in [1.807, 2.05) is 79.7 Å². The van der Waals surface area contributed by atoms with Crippen molar-refractivity contribution in [1.29, 1.82) is 0 Å². The van der Waals surface area contributed by atoms with Crippen LogP contribution in [0.25, 0.3) is 11.1 Å². The first-order chi connectivity index (χ1) is 14.0. The van der Waals surface area contributed by atoms with Crippen LogP contribution in [0.15, 0.2) is 24.3 Å². The molecular formula is C26H34O4. The van der Waals surface area contributed by atoms with E-state index in [1.54, 1.807) is 0 Å². The van der Waals surface area contributed by atoms with E-state index in [0.717, 1.165) is 46.2 Å². The molecule has 2 rings (SSSR count). The molecule has 0 bridgehead atoms. The van der Waals surface area contributed by atoms with E-state index in [0.29, 0.717) is 17.9 Å². The summed E-state index contributed by atoms with van der Waals surface area (Å²) in [5.41, 5.74) is 5.11. The van der Waals surface area contributed by atoms with Gasteiger partial charge in [-0.2, -0.15) is 0 Å². The molecule has 2 aromatic rings. The molecular weight excluding hydrogens is 376 g/mol. The Balaban J connectivity index is 2.67. The van der Waals surface area contributed by atoms with Gasteiger partial charge in [0, 0.05) is 17.5 Å². The minimum atomic E-state index is -0.632. The van der Waals surface area contributed by atoms with E-state index in [9.17, 15) is 9.59 Å². The lowest BCUT2D eigenvalue weighted by atomic mass is 9.90. The number of hydrogen-bond acceptors (Lipinski definition) is 4. The molecule has 0 aliphatic rings. The fourth-order valence-electron chi connectivity index (χ4n) is 3.12. The molecule has 0 heterocycles. The van der Waals surface area contributed by atoms with Crippen molar-refractivity contribution in [2.45, 2.75) is 74.7 Å². The third kappa shape index (κ3) is 5.29. The van der Waals surface area contributed by atoms with Crippen molar-refractivity contribution in [2.24, 2.45) is 5.41 Å². The maximum atomic E-state index is 12.6. The fourth-order valence-corrected chi connectivity index (χ4v) is 3.12. The van der Waals surface area contributed by atoms with Gasteiger partial charge >= 0.3 is 11.9 Å². The van der Waals surface area contributed by atoms with Crippen LogP contribution in [0.4, 0.5) is 0 Å². The van der Waals surface area contributed by atoms with Gasteiger partial charge in [0.1, 0.15) is 11.5 Å². The van der Waals surface area contributed by atoms with E-state index in [4.69, 9.17) is 9.47 Å². The minimum absolute atomic E-state index is 0.250. The summed E-state index contributed by atoms with van der Waals surface area (Å²) in [5, 5.41) is 0. The third-order valence-electron chi connectivity index (χ3n) is 5.42. The zero-order chi connectivity index (χ0) is 22.6. The first kappa shape index (κ1) is 23.7. The summed E-state index contributed by atoms with van der Waals surface area (Å²) in [4.78, 5) is 25.0. The molecule has 30 heavy (non-hydrogen) atoms. The van der Waals surface area contributed by atoms with Crippen molar-refractivity contribution in [1.82, 2.24) is 0 Å². The third-order valence-corrected chi connectivity index (χ3v) is 5.42. The highest BCUT2D eigenvalue weighted by molar-refractivity contribution is 5.88. The molecule has 0 aliphatic heterocycles. The van der Waals surface area contributed by atoms with Crippen molar-refractivity contribution in [3.63, 3.8) is 0 Å². The summed E-state index contributed by atoms with van der Waals surface area (Å²) in [5.74, 6) is 0.428. The smallest absolute Gasteiger partial charge is 0.316 e. The lowest BCUT2D eigenvalue weighted by Crippen LogP contribution is -2.26. The summed E-state index contributed by atoms with van der Waals surface area (Å²) in [6.45, 7) is 15.6. The number of carbonyl (C=O) groups is 2. The van der Waals surface area contributed by atoms with Gasteiger partial charge in [0.05, 0.1) is 5.41 Å².